The van der Waals surface area contributed by atoms with Crippen molar-refractivity contribution in [2.24, 2.45) is 11.8 Å². The van der Waals surface area contributed by atoms with E-state index in [0.717, 1.165) is 19.1 Å². The van der Waals surface area contributed by atoms with Crippen molar-refractivity contribution in [2.75, 3.05) is 13.2 Å². The molecular weight excluding hydrogens is 226 g/mol. The van der Waals surface area contributed by atoms with Crippen molar-refractivity contribution in [3.63, 3.8) is 0 Å². The Labute approximate surface area is 111 Å². The van der Waals surface area contributed by atoms with E-state index in [1.807, 2.05) is 0 Å². The summed E-state index contributed by atoms with van der Waals surface area (Å²) in [7, 11) is 0. The summed E-state index contributed by atoms with van der Waals surface area (Å²) in [5, 5.41) is 0. The van der Waals surface area contributed by atoms with E-state index in [0.29, 0.717) is 18.1 Å². The average molecular weight is 253 g/mol. The number of hydrogen-bond acceptors (Lipinski definition) is 3. The van der Waals surface area contributed by atoms with Crippen molar-refractivity contribution >= 4 is 0 Å². The number of nitrogens with zero attached hydrogens (tertiary/aromatic N) is 1. The van der Waals surface area contributed by atoms with Gasteiger partial charge in [-0.2, -0.15) is 0 Å². The van der Waals surface area contributed by atoms with Gasteiger partial charge in [0.25, 0.3) is 0 Å². The van der Waals surface area contributed by atoms with Crippen molar-refractivity contribution in [3.05, 3.63) is 0 Å². The van der Waals surface area contributed by atoms with Gasteiger partial charge in [-0.3, -0.25) is 4.90 Å². The molecule has 3 fully saturated rings. The molecule has 0 amide bonds. The van der Waals surface area contributed by atoms with E-state index >= 15 is 0 Å². The van der Waals surface area contributed by atoms with E-state index in [1.54, 1.807) is 0 Å². The number of hydrogen-bond donors (Lipinski definition) is 0. The van der Waals surface area contributed by atoms with Gasteiger partial charge in [0.05, 0.1) is 18.8 Å². The molecule has 0 bridgehead atoms. The first-order valence-corrected chi connectivity index (χ1v) is 7.52. The number of morpholine rings is 1. The molecule has 3 aliphatic rings. The standard InChI is InChI=1S/C15H27NO2/c1-10-5-6-12-13(7-10)18-14-9-17-11(2)8-16(14)15(12,3)4/h10-14H,5-9H2,1-4H3/t10-,11-,12-,13-,14+/m1/s1. The number of fused-ring (bicyclic) bond motifs is 2. The second-order valence-corrected chi connectivity index (χ2v) is 7.10. The van der Waals surface area contributed by atoms with E-state index in [9.17, 15) is 0 Å². The molecule has 3 nitrogen and oxygen atoms in total. The molecule has 0 spiro atoms. The third kappa shape index (κ3) is 2.00. The molecule has 2 saturated heterocycles. The number of ether oxygens (including phenoxy) is 2. The quantitative estimate of drug-likeness (QED) is 0.662. The molecular formula is C15H27NO2. The lowest BCUT2D eigenvalue weighted by molar-refractivity contribution is -0.276. The summed E-state index contributed by atoms with van der Waals surface area (Å²) >= 11 is 0. The third-order valence-corrected chi connectivity index (χ3v) is 5.36. The average Bonchev–Trinajstić information content (AvgIpc) is 2.30. The molecule has 3 rings (SSSR count). The molecule has 0 aromatic rings. The Balaban J connectivity index is 1.83. The van der Waals surface area contributed by atoms with Crippen LogP contribution in [0.2, 0.25) is 0 Å². The van der Waals surface area contributed by atoms with Crippen molar-refractivity contribution in [1.29, 1.82) is 0 Å². The molecule has 1 saturated carbocycles. The molecule has 5 atom stereocenters. The van der Waals surface area contributed by atoms with E-state index in [1.165, 1.54) is 19.3 Å². The lowest BCUT2D eigenvalue weighted by Gasteiger charge is -2.59. The van der Waals surface area contributed by atoms with E-state index in [2.05, 4.69) is 32.6 Å². The highest BCUT2D eigenvalue weighted by Gasteiger charge is 2.51. The first-order valence-electron chi connectivity index (χ1n) is 7.52. The number of rotatable bonds is 0. The first kappa shape index (κ1) is 12.9. The summed E-state index contributed by atoms with van der Waals surface area (Å²) in [6.45, 7) is 11.1. The fraction of sp³-hybridized carbons (Fsp3) is 1.00. The highest BCUT2D eigenvalue weighted by molar-refractivity contribution is 5.01. The van der Waals surface area contributed by atoms with E-state index < -0.39 is 0 Å². The summed E-state index contributed by atoms with van der Waals surface area (Å²) in [6, 6.07) is 0. The Morgan fingerprint density at radius 3 is 2.72 bits per heavy atom. The maximum absolute atomic E-state index is 6.35. The highest BCUT2D eigenvalue weighted by atomic mass is 16.6. The predicted octanol–water partition coefficient (Wildman–Crippen LogP) is 2.65. The van der Waals surface area contributed by atoms with Crippen molar-refractivity contribution in [2.45, 2.75) is 70.9 Å². The second kappa shape index (κ2) is 4.46. The van der Waals surface area contributed by atoms with Crippen LogP contribution in [-0.4, -0.2) is 42.0 Å². The zero-order valence-corrected chi connectivity index (χ0v) is 12.2. The molecule has 0 N–H and O–H groups in total. The van der Waals surface area contributed by atoms with Gasteiger partial charge in [0.1, 0.15) is 6.23 Å². The van der Waals surface area contributed by atoms with Gasteiger partial charge in [-0.15, -0.1) is 0 Å². The van der Waals surface area contributed by atoms with Gasteiger partial charge < -0.3 is 9.47 Å². The van der Waals surface area contributed by atoms with Crippen LogP contribution in [0, 0.1) is 11.8 Å². The maximum Gasteiger partial charge on any atom is 0.135 e. The molecule has 0 aromatic heterocycles. The smallest absolute Gasteiger partial charge is 0.135 e. The molecule has 3 heteroatoms. The van der Waals surface area contributed by atoms with Crippen molar-refractivity contribution in [1.82, 2.24) is 4.90 Å². The molecule has 1 aliphatic carbocycles. The lowest BCUT2D eigenvalue weighted by atomic mass is 9.69. The second-order valence-electron chi connectivity index (χ2n) is 7.10. The van der Waals surface area contributed by atoms with Crippen LogP contribution >= 0.6 is 0 Å². The summed E-state index contributed by atoms with van der Waals surface area (Å²) < 4.78 is 12.1. The minimum atomic E-state index is 0.183. The van der Waals surface area contributed by atoms with Crippen LogP contribution in [0.1, 0.15) is 47.0 Å². The minimum absolute atomic E-state index is 0.183. The summed E-state index contributed by atoms with van der Waals surface area (Å²) in [5.41, 5.74) is 0.256. The monoisotopic (exact) mass is 253 g/mol. The third-order valence-electron chi connectivity index (χ3n) is 5.36. The fourth-order valence-electron chi connectivity index (χ4n) is 4.20. The molecule has 0 aromatic carbocycles. The zero-order valence-electron chi connectivity index (χ0n) is 12.2. The van der Waals surface area contributed by atoms with Crippen LogP contribution in [0.15, 0.2) is 0 Å². The predicted molar refractivity (Wildman–Crippen MR) is 71.4 cm³/mol. The van der Waals surface area contributed by atoms with Crippen molar-refractivity contribution < 1.29 is 9.47 Å². The van der Waals surface area contributed by atoms with Crippen molar-refractivity contribution in [3.8, 4) is 0 Å². The Bertz CT molecular complexity index is 318. The van der Waals surface area contributed by atoms with Gasteiger partial charge in [0.2, 0.25) is 0 Å². The first-order chi connectivity index (χ1) is 8.48. The Morgan fingerprint density at radius 1 is 1.17 bits per heavy atom. The van der Waals surface area contributed by atoms with Gasteiger partial charge in [-0.1, -0.05) is 13.3 Å². The van der Waals surface area contributed by atoms with E-state index in [4.69, 9.17) is 9.47 Å². The van der Waals surface area contributed by atoms with Crippen LogP contribution in [0.25, 0.3) is 0 Å². The maximum atomic E-state index is 6.35. The molecule has 2 aliphatic heterocycles. The lowest BCUT2D eigenvalue weighted by Crippen LogP contribution is -2.68. The van der Waals surface area contributed by atoms with Gasteiger partial charge in [0.15, 0.2) is 0 Å². The molecule has 18 heavy (non-hydrogen) atoms. The molecule has 0 unspecified atom stereocenters. The molecule has 0 radical (unpaired) electrons. The van der Waals surface area contributed by atoms with Crippen LogP contribution in [0.4, 0.5) is 0 Å². The molecule has 104 valence electrons. The van der Waals surface area contributed by atoms with E-state index in [-0.39, 0.29) is 11.8 Å². The molecule has 2 heterocycles. The fourth-order valence-corrected chi connectivity index (χ4v) is 4.20. The normalized spacial score (nSPS) is 48.3. The van der Waals surface area contributed by atoms with Gasteiger partial charge >= 0.3 is 0 Å². The largest absolute Gasteiger partial charge is 0.373 e. The summed E-state index contributed by atoms with van der Waals surface area (Å²) in [4.78, 5) is 2.55. The van der Waals surface area contributed by atoms with Gasteiger partial charge in [-0.05, 0) is 39.5 Å². The topological polar surface area (TPSA) is 21.7 Å². The zero-order chi connectivity index (χ0) is 12.9. The van der Waals surface area contributed by atoms with Crippen LogP contribution in [0.5, 0.6) is 0 Å². The SMILES string of the molecule is C[C@@H]1CC[C@@H]2[C@@H](C1)O[C@H]1CO[C@H](C)CN1C2(C)C. The van der Waals surface area contributed by atoms with Gasteiger partial charge in [0, 0.05) is 18.0 Å². The van der Waals surface area contributed by atoms with Crippen LogP contribution in [-0.2, 0) is 9.47 Å². The van der Waals surface area contributed by atoms with Crippen LogP contribution in [0.3, 0.4) is 0 Å². The summed E-state index contributed by atoms with van der Waals surface area (Å²) in [6.07, 6.45) is 4.87. The summed E-state index contributed by atoms with van der Waals surface area (Å²) in [5.74, 6) is 1.51. The minimum Gasteiger partial charge on any atom is -0.373 e. The Hall–Kier alpha value is -0.120. The highest BCUT2D eigenvalue weighted by Crippen LogP contribution is 2.45. The van der Waals surface area contributed by atoms with Crippen LogP contribution < -0.4 is 0 Å². The Kier molecular flexibility index (Phi) is 3.20. The van der Waals surface area contributed by atoms with Gasteiger partial charge in [-0.25, -0.2) is 0 Å². The Morgan fingerprint density at radius 2 is 1.94 bits per heavy atom.